The van der Waals surface area contributed by atoms with Crippen LogP contribution in [-0.2, 0) is 0 Å². The van der Waals surface area contributed by atoms with Crippen LogP contribution >= 0.6 is 27.5 Å². The van der Waals surface area contributed by atoms with Crippen molar-refractivity contribution < 1.29 is 13.2 Å². The van der Waals surface area contributed by atoms with E-state index in [1.165, 1.54) is 0 Å². The van der Waals surface area contributed by atoms with Gasteiger partial charge in [-0.1, -0.05) is 35.0 Å². The Morgan fingerprint density at radius 1 is 1.31 bits per heavy atom. The van der Waals surface area contributed by atoms with Gasteiger partial charge in [-0.2, -0.15) is 13.2 Å². The lowest BCUT2D eigenvalue weighted by Gasteiger charge is -2.08. The van der Waals surface area contributed by atoms with Crippen molar-refractivity contribution in [3.05, 3.63) is 22.2 Å². The molecule has 0 spiro atoms. The Bertz CT molecular complexity index is 256. The molecule has 0 aliphatic carbocycles. The zero-order chi connectivity index (χ0) is 12.6. The quantitative estimate of drug-likeness (QED) is 0.443. The summed E-state index contributed by atoms with van der Waals surface area (Å²) in [5.41, 5.74) is 0.848. The summed E-state index contributed by atoms with van der Waals surface area (Å²) < 4.78 is 36.8. The molecule has 0 aromatic rings. The molecule has 0 aliphatic heterocycles. The summed E-state index contributed by atoms with van der Waals surface area (Å²) in [4.78, 5) is 0. The highest BCUT2D eigenvalue weighted by atomic mass is 79.9. The van der Waals surface area contributed by atoms with Gasteiger partial charge >= 0.3 is 6.18 Å². The molecular weight excluding hydrogens is 304 g/mol. The van der Waals surface area contributed by atoms with Crippen molar-refractivity contribution in [1.82, 2.24) is 0 Å². The minimum atomic E-state index is -4.08. The highest BCUT2D eigenvalue weighted by molar-refractivity contribution is 9.12. The largest absolute Gasteiger partial charge is 0.389 e. The van der Waals surface area contributed by atoms with Crippen LogP contribution < -0.4 is 0 Å². The van der Waals surface area contributed by atoms with Crippen LogP contribution in [0.1, 0.15) is 32.6 Å². The lowest BCUT2D eigenvalue weighted by molar-refractivity contribution is -0.135. The van der Waals surface area contributed by atoms with Crippen LogP contribution in [0.15, 0.2) is 22.2 Å². The highest BCUT2D eigenvalue weighted by Crippen LogP contribution is 2.27. The predicted octanol–water partition coefficient (Wildman–Crippen LogP) is 5.57. The molecule has 0 unspecified atom stereocenters. The monoisotopic (exact) mass is 318 g/mol. The first-order valence-electron chi connectivity index (χ1n) is 5.08. The summed E-state index contributed by atoms with van der Waals surface area (Å²) in [5, 5.41) is 0. The highest BCUT2D eigenvalue weighted by Gasteiger charge is 2.26. The van der Waals surface area contributed by atoms with Gasteiger partial charge in [-0.3, -0.25) is 0 Å². The van der Waals surface area contributed by atoms with Gasteiger partial charge in [0.2, 0.25) is 0 Å². The zero-order valence-electron chi connectivity index (χ0n) is 9.08. The summed E-state index contributed by atoms with van der Waals surface area (Å²) >= 11 is 8.90. The minimum absolute atomic E-state index is 0.0961. The molecule has 0 nitrogen and oxygen atoms in total. The molecule has 0 bridgehead atoms. The summed E-state index contributed by atoms with van der Waals surface area (Å²) in [7, 11) is 0. The topological polar surface area (TPSA) is 0 Å². The van der Waals surface area contributed by atoms with E-state index in [0.29, 0.717) is 12.3 Å². The van der Waals surface area contributed by atoms with Gasteiger partial charge in [0, 0.05) is 16.8 Å². The smallest absolute Gasteiger partial charge is 0.171 e. The molecule has 0 saturated heterocycles. The second-order valence-corrected chi connectivity index (χ2v) is 4.48. The third kappa shape index (κ3) is 8.22. The molecule has 0 aliphatic rings. The van der Waals surface area contributed by atoms with Crippen molar-refractivity contribution in [3.63, 3.8) is 0 Å². The van der Waals surface area contributed by atoms with Gasteiger partial charge in [0.25, 0.3) is 0 Å². The van der Waals surface area contributed by atoms with Crippen molar-refractivity contribution in [1.29, 1.82) is 0 Å². The van der Waals surface area contributed by atoms with Crippen molar-refractivity contribution in [2.24, 2.45) is 0 Å². The average Bonchev–Trinajstić information content (AvgIpc) is 2.15. The van der Waals surface area contributed by atoms with Gasteiger partial charge in [-0.05, 0) is 24.8 Å². The molecule has 0 radical (unpaired) electrons. The maximum Gasteiger partial charge on any atom is 0.389 e. The van der Waals surface area contributed by atoms with E-state index in [4.69, 9.17) is 11.6 Å². The molecule has 0 amide bonds. The maximum atomic E-state index is 12.0. The van der Waals surface area contributed by atoms with Crippen molar-refractivity contribution in [2.45, 2.75) is 38.8 Å². The second-order valence-electron chi connectivity index (χ2n) is 3.31. The van der Waals surface area contributed by atoms with E-state index >= 15 is 0 Å². The van der Waals surface area contributed by atoms with Crippen LogP contribution in [0.3, 0.4) is 0 Å². The third-order valence-corrected chi connectivity index (χ3v) is 2.91. The SMILES string of the molecule is CC/C=C(Br)\C(=C/CCl)CCCC(F)(F)F. The van der Waals surface area contributed by atoms with Crippen molar-refractivity contribution >= 4 is 27.5 Å². The van der Waals surface area contributed by atoms with Crippen LogP contribution in [0.5, 0.6) is 0 Å². The fraction of sp³-hybridized carbons (Fsp3) is 0.636. The number of rotatable bonds is 6. The van der Waals surface area contributed by atoms with Gasteiger partial charge in [-0.15, -0.1) is 11.6 Å². The van der Waals surface area contributed by atoms with E-state index < -0.39 is 12.6 Å². The second kappa shape index (κ2) is 8.18. The van der Waals surface area contributed by atoms with E-state index in [2.05, 4.69) is 15.9 Å². The van der Waals surface area contributed by atoms with Crippen LogP contribution in [0, 0.1) is 0 Å². The first-order chi connectivity index (χ1) is 7.40. The Morgan fingerprint density at radius 2 is 1.94 bits per heavy atom. The lowest BCUT2D eigenvalue weighted by atomic mass is 10.1. The first kappa shape index (κ1) is 16.0. The van der Waals surface area contributed by atoms with Crippen LogP contribution in [0.2, 0.25) is 0 Å². The molecule has 0 aromatic carbocycles. The lowest BCUT2D eigenvalue weighted by Crippen LogP contribution is -2.06. The molecule has 0 aromatic heterocycles. The van der Waals surface area contributed by atoms with Crippen LogP contribution in [-0.4, -0.2) is 12.1 Å². The van der Waals surface area contributed by atoms with Gasteiger partial charge in [0.1, 0.15) is 0 Å². The summed E-state index contributed by atoms with van der Waals surface area (Å²) in [6.07, 6.45) is 0.161. The summed E-state index contributed by atoms with van der Waals surface area (Å²) in [6.45, 7) is 1.97. The normalized spacial score (nSPS) is 14.4. The van der Waals surface area contributed by atoms with Crippen LogP contribution in [0.25, 0.3) is 0 Å². The zero-order valence-corrected chi connectivity index (χ0v) is 11.4. The minimum Gasteiger partial charge on any atom is -0.171 e. The van der Waals surface area contributed by atoms with E-state index in [9.17, 15) is 13.2 Å². The number of hydrogen-bond acceptors (Lipinski definition) is 0. The molecule has 94 valence electrons. The Hall–Kier alpha value is 0.0400. The summed E-state index contributed by atoms with van der Waals surface area (Å²) in [6, 6.07) is 0. The van der Waals surface area contributed by atoms with Gasteiger partial charge in [0.15, 0.2) is 0 Å². The molecule has 5 heteroatoms. The van der Waals surface area contributed by atoms with Crippen molar-refractivity contribution in [3.8, 4) is 0 Å². The fourth-order valence-electron chi connectivity index (χ4n) is 1.20. The van der Waals surface area contributed by atoms with E-state index in [1.54, 1.807) is 6.08 Å². The van der Waals surface area contributed by atoms with E-state index in [0.717, 1.165) is 16.5 Å². The number of hydrogen-bond donors (Lipinski definition) is 0. The Labute approximate surface area is 108 Å². The van der Waals surface area contributed by atoms with E-state index in [1.807, 2.05) is 13.0 Å². The fourth-order valence-corrected chi connectivity index (χ4v) is 2.07. The molecule has 16 heavy (non-hydrogen) atoms. The van der Waals surface area contributed by atoms with Gasteiger partial charge < -0.3 is 0 Å². The Balaban J connectivity index is 4.27. The molecule has 0 saturated carbocycles. The molecule has 0 rings (SSSR count). The van der Waals surface area contributed by atoms with Crippen molar-refractivity contribution in [2.75, 3.05) is 5.88 Å². The number of halogens is 5. The molecule has 0 heterocycles. The molecular formula is C11H15BrClF3. The molecule has 0 N–H and O–H groups in total. The van der Waals surface area contributed by atoms with Gasteiger partial charge in [-0.25, -0.2) is 0 Å². The number of allylic oxidation sites excluding steroid dienone is 4. The summed E-state index contributed by atoms with van der Waals surface area (Å²) in [5.74, 6) is 0.313. The van der Waals surface area contributed by atoms with Crippen LogP contribution in [0.4, 0.5) is 13.2 Å². The maximum absolute atomic E-state index is 12.0. The standard InChI is InChI=1S/C11H15BrClF3/c1-2-4-10(12)9(6-8-13)5-3-7-11(14,15)16/h4,6H,2-3,5,7-8H2,1H3/b9-6-,10-4+. The molecule has 0 atom stereocenters. The Morgan fingerprint density at radius 3 is 2.38 bits per heavy atom. The van der Waals surface area contributed by atoms with E-state index in [-0.39, 0.29) is 6.42 Å². The predicted molar refractivity (Wildman–Crippen MR) is 66.0 cm³/mol. The number of alkyl halides is 4. The Kier molecular flexibility index (Phi) is 8.20. The molecule has 0 fully saturated rings. The third-order valence-electron chi connectivity index (χ3n) is 1.92. The first-order valence-corrected chi connectivity index (χ1v) is 6.41. The average molecular weight is 320 g/mol. The van der Waals surface area contributed by atoms with Gasteiger partial charge in [0.05, 0.1) is 0 Å².